The average molecular weight is 331 g/mol. The number of oxazole rings is 1. The molecule has 24 heavy (non-hydrogen) atoms. The van der Waals surface area contributed by atoms with Gasteiger partial charge in [-0.2, -0.15) is 0 Å². The summed E-state index contributed by atoms with van der Waals surface area (Å²) in [5.74, 6) is 1.35. The van der Waals surface area contributed by atoms with Crippen LogP contribution in [0.5, 0.6) is 0 Å². The van der Waals surface area contributed by atoms with Gasteiger partial charge in [0.05, 0.1) is 12.7 Å². The lowest BCUT2D eigenvalue weighted by Crippen LogP contribution is -2.23. The van der Waals surface area contributed by atoms with Crippen LogP contribution in [0, 0.1) is 18.7 Å². The first kappa shape index (κ1) is 16.8. The number of benzene rings is 1. The second-order valence-electron chi connectivity index (χ2n) is 6.40. The van der Waals surface area contributed by atoms with Crippen LogP contribution in [0.2, 0.25) is 0 Å². The first-order valence-electron chi connectivity index (χ1n) is 8.43. The van der Waals surface area contributed by atoms with Crippen molar-refractivity contribution in [3.8, 4) is 11.5 Å². The highest BCUT2D eigenvalue weighted by Gasteiger charge is 2.23. The Morgan fingerprint density at radius 2 is 2.12 bits per heavy atom. The maximum atomic E-state index is 13.0. The molecule has 0 bridgehead atoms. The molecule has 5 heteroatoms. The number of halogens is 1. The number of hydrogen-bond acceptors (Lipinski definition) is 4. The summed E-state index contributed by atoms with van der Waals surface area (Å²) in [6, 6.07) is 6.08. The average Bonchev–Trinajstić information content (AvgIpc) is 2.95. The summed E-state index contributed by atoms with van der Waals surface area (Å²) in [5.41, 5.74) is 1.52. The van der Waals surface area contributed by atoms with Gasteiger partial charge in [-0.25, -0.2) is 9.37 Å². The Morgan fingerprint density at radius 3 is 2.88 bits per heavy atom. The third kappa shape index (κ3) is 4.09. The lowest BCUT2D eigenvalue weighted by molar-refractivity contribution is -0.109. The van der Waals surface area contributed by atoms with Crippen LogP contribution in [-0.2, 0) is 16.1 Å². The quantitative estimate of drug-likeness (QED) is 0.734. The van der Waals surface area contributed by atoms with Crippen LogP contribution in [0.1, 0.15) is 43.6 Å². The van der Waals surface area contributed by atoms with Crippen molar-refractivity contribution in [3.63, 3.8) is 0 Å². The van der Waals surface area contributed by atoms with Gasteiger partial charge in [-0.3, -0.25) is 0 Å². The van der Waals surface area contributed by atoms with E-state index in [0.29, 0.717) is 24.8 Å². The highest BCUT2D eigenvalue weighted by atomic mass is 19.1. The second kappa shape index (κ2) is 7.71. The predicted molar refractivity (Wildman–Crippen MR) is 87.9 cm³/mol. The molecule has 0 N–H and O–H groups in total. The van der Waals surface area contributed by atoms with Gasteiger partial charge in [0.1, 0.15) is 23.6 Å². The number of rotatable bonds is 6. The SMILES string of the molecule is Cc1oc(-c2ccc(F)cc2)nc1CO[C@@H]1CCC[C@H](CC=O)C1. The second-order valence-corrected chi connectivity index (χ2v) is 6.40. The maximum Gasteiger partial charge on any atom is 0.226 e. The molecule has 2 atom stereocenters. The van der Waals surface area contributed by atoms with Crippen LogP contribution in [0.3, 0.4) is 0 Å². The summed E-state index contributed by atoms with van der Waals surface area (Å²) in [5, 5.41) is 0. The molecule has 1 aromatic heterocycles. The lowest BCUT2D eigenvalue weighted by Gasteiger charge is -2.27. The lowest BCUT2D eigenvalue weighted by atomic mass is 9.85. The Balaban J connectivity index is 1.61. The summed E-state index contributed by atoms with van der Waals surface area (Å²) >= 11 is 0. The van der Waals surface area contributed by atoms with Crippen LogP contribution in [0.25, 0.3) is 11.5 Å². The van der Waals surface area contributed by atoms with E-state index >= 15 is 0 Å². The van der Waals surface area contributed by atoms with E-state index in [4.69, 9.17) is 9.15 Å². The molecule has 0 saturated heterocycles. The highest BCUT2D eigenvalue weighted by Crippen LogP contribution is 2.29. The molecule has 1 aliphatic rings. The minimum Gasteiger partial charge on any atom is -0.441 e. The molecule has 1 heterocycles. The molecule has 128 valence electrons. The predicted octanol–water partition coefficient (Wildman–Crippen LogP) is 4.45. The van der Waals surface area contributed by atoms with E-state index in [1.807, 2.05) is 6.92 Å². The molecular weight excluding hydrogens is 309 g/mol. The molecule has 1 saturated carbocycles. The van der Waals surface area contributed by atoms with Gasteiger partial charge in [0.2, 0.25) is 5.89 Å². The minimum atomic E-state index is -0.284. The molecule has 4 nitrogen and oxygen atoms in total. The zero-order valence-corrected chi connectivity index (χ0v) is 13.8. The van der Waals surface area contributed by atoms with Gasteiger partial charge in [-0.05, 0) is 56.4 Å². The third-order valence-electron chi connectivity index (χ3n) is 4.60. The van der Waals surface area contributed by atoms with Crippen LogP contribution in [0.15, 0.2) is 28.7 Å². The van der Waals surface area contributed by atoms with E-state index in [0.717, 1.165) is 49.0 Å². The van der Waals surface area contributed by atoms with Crippen molar-refractivity contribution in [1.29, 1.82) is 0 Å². The van der Waals surface area contributed by atoms with Crippen molar-refractivity contribution in [2.45, 2.75) is 51.7 Å². The topological polar surface area (TPSA) is 52.3 Å². The van der Waals surface area contributed by atoms with Crippen LogP contribution < -0.4 is 0 Å². The molecule has 1 fully saturated rings. The number of aromatic nitrogens is 1. The van der Waals surface area contributed by atoms with E-state index in [2.05, 4.69) is 4.98 Å². The number of hydrogen-bond donors (Lipinski definition) is 0. The van der Waals surface area contributed by atoms with E-state index in [9.17, 15) is 9.18 Å². The molecule has 3 rings (SSSR count). The Labute approximate surface area is 141 Å². The molecule has 0 radical (unpaired) electrons. The largest absolute Gasteiger partial charge is 0.441 e. The Hall–Kier alpha value is -2.01. The molecule has 2 aromatic rings. The highest BCUT2D eigenvalue weighted by molar-refractivity contribution is 5.53. The van der Waals surface area contributed by atoms with Crippen LogP contribution in [-0.4, -0.2) is 17.4 Å². The smallest absolute Gasteiger partial charge is 0.226 e. The Kier molecular flexibility index (Phi) is 5.41. The molecule has 1 aromatic carbocycles. The summed E-state index contributed by atoms with van der Waals surface area (Å²) in [4.78, 5) is 15.2. The first-order chi connectivity index (χ1) is 11.7. The number of carbonyl (C=O) groups excluding carboxylic acids is 1. The standard InChI is InChI=1S/C19H22FNO3/c1-13-18(12-23-17-4-2-3-14(11-17)9-10-22)21-19(24-13)15-5-7-16(20)8-6-15/h5-8,10,14,17H,2-4,9,11-12H2,1H3/t14-,17-/m1/s1. The first-order valence-corrected chi connectivity index (χ1v) is 8.43. The minimum absolute atomic E-state index is 0.175. The molecule has 1 aliphatic carbocycles. The van der Waals surface area contributed by atoms with Crippen molar-refractivity contribution < 1.29 is 18.3 Å². The third-order valence-corrected chi connectivity index (χ3v) is 4.60. The number of aryl methyl sites for hydroxylation is 1. The van der Waals surface area contributed by atoms with Gasteiger partial charge < -0.3 is 13.9 Å². The van der Waals surface area contributed by atoms with Gasteiger partial charge in [0, 0.05) is 12.0 Å². The molecular formula is C19H22FNO3. The number of ether oxygens (including phenoxy) is 1. The molecule has 0 spiro atoms. The van der Waals surface area contributed by atoms with Crippen molar-refractivity contribution in [1.82, 2.24) is 4.98 Å². The van der Waals surface area contributed by atoms with Gasteiger partial charge >= 0.3 is 0 Å². The fourth-order valence-corrected chi connectivity index (χ4v) is 3.22. The summed E-state index contributed by atoms with van der Waals surface area (Å²) < 4.78 is 24.7. The van der Waals surface area contributed by atoms with E-state index < -0.39 is 0 Å². The van der Waals surface area contributed by atoms with Crippen molar-refractivity contribution in [3.05, 3.63) is 41.5 Å². The maximum absolute atomic E-state index is 13.0. The van der Waals surface area contributed by atoms with Crippen LogP contribution >= 0.6 is 0 Å². The van der Waals surface area contributed by atoms with Crippen LogP contribution in [0.4, 0.5) is 4.39 Å². The van der Waals surface area contributed by atoms with E-state index in [1.54, 1.807) is 12.1 Å². The van der Waals surface area contributed by atoms with Gasteiger partial charge in [-0.15, -0.1) is 0 Å². The van der Waals surface area contributed by atoms with E-state index in [1.165, 1.54) is 12.1 Å². The zero-order valence-electron chi connectivity index (χ0n) is 13.8. The summed E-state index contributed by atoms with van der Waals surface area (Å²) in [7, 11) is 0. The summed E-state index contributed by atoms with van der Waals surface area (Å²) in [6.07, 6.45) is 5.96. The zero-order chi connectivity index (χ0) is 16.9. The Morgan fingerprint density at radius 1 is 1.33 bits per heavy atom. The van der Waals surface area contributed by atoms with E-state index in [-0.39, 0.29) is 11.9 Å². The van der Waals surface area contributed by atoms with Crippen molar-refractivity contribution in [2.75, 3.05) is 0 Å². The summed E-state index contributed by atoms with van der Waals surface area (Å²) in [6.45, 7) is 2.25. The number of aldehydes is 1. The van der Waals surface area contributed by atoms with Gasteiger partial charge in [0.15, 0.2) is 0 Å². The Bertz CT molecular complexity index is 680. The fraction of sp³-hybridized carbons (Fsp3) is 0.474. The molecule has 0 aliphatic heterocycles. The fourth-order valence-electron chi connectivity index (χ4n) is 3.22. The molecule has 0 amide bonds. The van der Waals surface area contributed by atoms with Gasteiger partial charge in [0.25, 0.3) is 0 Å². The van der Waals surface area contributed by atoms with Crippen molar-refractivity contribution >= 4 is 6.29 Å². The van der Waals surface area contributed by atoms with Crippen molar-refractivity contribution in [2.24, 2.45) is 5.92 Å². The monoisotopic (exact) mass is 331 g/mol. The van der Waals surface area contributed by atoms with Gasteiger partial charge in [-0.1, -0.05) is 6.42 Å². The number of carbonyl (C=O) groups is 1. The number of nitrogens with zero attached hydrogens (tertiary/aromatic N) is 1. The normalized spacial score (nSPS) is 20.9. The molecule has 0 unspecified atom stereocenters.